The zero-order valence-corrected chi connectivity index (χ0v) is 21.5. The second-order valence-corrected chi connectivity index (χ2v) is 10.7. The molecule has 188 valence electrons. The molecule has 0 saturated heterocycles. The molecule has 1 aromatic carbocycles. The first-order valence-corrected chi connectivity index (χ1v) is 13.7. The number of carbonyl (C=O) groups excluding carboxylic acids is 1. The van der Waals surface area contributed by atoms with Gasteiger partial charge in [-0.1, -0.05) is 89.6 Å². The van der Waals surface area contributed by atoms with Crippen LogP contribution in [0.2, 0.25) is 0 Å². The maximum atomic E-state index is 13.1. The fourth-order valence-electron chi connectivity index (χ4n) is 5.13. The van der Waals surface area contributed by atoms with Gasteiger partial charge in [0.2, 0.25) is 5.91 Å². The second kappa shape index (κ2) is 16.3. The molecule has 2 rings (SSSR count). The SMILES string of the molecule is CCCCNC(=O)C(Cc1ccccc1)CC(O)C(CC1CCCCC1)NCCCC(C)C. The van der Waals surface area contributed by atoms with Gasteiger partial charge in [-0.15, -0.1) is 0 Å². The summed E-state index contributed by atoms with van der Waals surface area (Å²) in [6, 6.07) is 10.3. The van der Waals surface area contributed by atoms with Crippen molar-refractivity contribution >= 4 is 5.91 Å². The predicted octanol–water partition coefficient (Wildman–Crippen LogP) is 5.88. The zero-order chi connectivity index (χ0) is 23.9. The van der Waals surface area contributed by atoms with E-state index < -0.39 is 6.10 Å². The van der Waals surface area contributed by atoms with E-state index in [1.165, 1.54) is 38.5 Å². The number of nitrogens with one attached hydrogen (secondary N) is 2. The molecular weight excluding hydrogens is 408 g/mol. The molecule has 1 saturated carbocycles. The molecule has 1 amide bonds. The second-order valence-electron chi connectivity index (χ2n) is 10.7. The van der Waals surface area contributed by atoms with E-state index in [-0.39, 0.29) is 17.9 Å². The lowest BCUT2D eigenvalue weighted by Gasteiger charge is -2.32. The van der Waals surface area contributed by atoms with Crippen LogP contribution in [-0.2, 0) is 11.2 Å². The van der Waals surface area contributed by atoms with Gasteiger partial charge in [-0.05, 0) is 62.5 Å². The number of carbonyl (C=O) groups is 1. The third kappa shape index (κ3) is 11.5. The number of aliphatic hydroxyl groups excluding tert-OH is 1. The number of hydrogen-bond acceptors (Lipinski definition) is 3. The zero-order valence-electron chi connectivity index (χ0n) is 21.5. The molecule has 1 aliphatic carbocycles. The molecule has 0 radical (unpaired) electrons. The lowest BCUT2D eigenvalue weighted by molar-refractivity contribution is -0.126. The number of unbranched alkanes of at least 4 members (excludes halogenated alkanes) is 1. The summed E-state index contributed by atoms with van der Waals surface area (Å²) in [7, 11) is 0. The van der Waals surface area contributed by atoms with E-state index in [1.54, 1.807) is 0 Å². The summed E-state index contributed by atoms with van der Waals surface area (Å²) < 4.78 is 0. The van der Waals surface area contributed by atoms with E-state index in [0.717, 1.165) is 44.3 Å². The maximum Gasteiger partial charge on any atom is 0.223 e. The van der Waals surface area contributed by atoms with Crippen LogP contribution in [0, 0.1) is 17.8 Å². The standard InChI is InChI=1S/C29H50N2O2/c1-4-5-18-31-29(33)26(20-24-14-8-6-9-15-24)22-28(32)27(30-19-12-13-23(2)3)21-25-16-10-7-11-17-25/h6,8-9,14-15,23,25-28,30,32H,4-5,7,10-13,16-22H2,1-3H3,(H,31,33). The summed E-state index contributed by atoms with van der Waals surface area (Å²) in [5, 5.41) is 18.2. The lowest BCUT2D eigenvalue weighted by Crippen LogP contribution is -2.45. The average Bonchev–Trinajstić information content (AvgIpc) is 2.81. The molecule has 33 heavy (non-hydrogen) atoms. The number of benzene rings is 1. The molecular formula is C29H50N2O2. The fourth-order valence-corrected chi connectivity index (χ4v) is 5.13. The highest BCUT2D eigenvalue weighted by Gasteiger charge is 2.29. The van der Waals surface area contributed by atoms with Crippen molar-refractivity contribution < 1.29 is 9.90 Å². The van der Waals surface area contributed by atoms with Gasteiger partial charge in [0.15, 0.2) is 0 Å². The summed E-state index contributed by atoms with van der Waals surface area (Å²) in [4.78, 5) is 13.1. The fraction of sp³-hybridized carbons (Fsp3) is 0.759. The molecule has 0 heterocycles. The molecule has 3 N–H and O–H groups in total. The third-order valence-corrected chi connectivity index (χ3v) is 7.19. The summed E-state index contributed by atoms with van der Waals surface area (Å²) in [5.41, 5.74) is 1.16. The summed E-state index contributed by atoms with van der Waals surface area (Å²) >= 11 is 0. The topological polar surface area (TPSA) is 61.4 Å². The van der Waals surface area contributed by atoms with Crippen LogP contribution in [0.5, 0.6) is 0 Å². The van der Waals surface area contributed by atoms with Gasteiger partial charge >= 0.3 is 0 Å². The molecule has 1 fully saturated rings. The molecule has 0 bridgehead atoms. The van der Waals surface area contributed by atoms with Gasteiger partial charge < -0.3 is 15.7 Å². The van der Waals surface area contributed by atoms with Crippen LogP contribution in [0.1, 0.15) is 97.0 Å². The van der Waals surface area contributed by atoms with Crippen LogP contribution in [0.3, 0.4) is 0 Å². The van der Waals surface area contributed by atoms with Crippen molar-refractivity contribution in [2.75, 3.05) is 13.1 Å². The Kier molecular flexibility index (Phi) is 13.7. The van der Waals surface area contributed by atoms with Crippen molar-refractivity contribution in [2.45, 2.75) is 110 Å². The smallest absolute Gasteiger partial charge is 0.223 e. The van der Waals surface area contributed by atoms with E-state index in [9.17, 15) is 9.90 Å². The monoisotopic (exact) mass is 458 g/mol. The normalized spacial score (nSPS) is 17.6. The van der Waals surface area contributed by atoms with Crippen molar-refractivity contribution in [3.8, 4) is 0 Å². The Morgan fingerprint density at radius 3 is 2.45 bits per heavy atom. The van der Waals surface area contributed by atoms with Gasteiger partial charge in [0.1, 0.15) is 0 Å². The van der Waals surface area contributed by atoms with Crippen LogP contribution in [0.25, 0.3) is 0 Å². The van der Waals surface area contributed by atoms with Crippen LogP contribution in [-0.4, -0.2) is 36.2 Å². The molecule has 0 aliphatic heterocycles. The van der Waals surface area contributed by atoms with Crippen LogP contribution in [0.4, 0.5) is 0 Å². The van der Waals surface area contributed by atoms with E-state index in [2.05, 4.69) is 43.5 Å². The number of amides is 1. The van der Waals surface area contributed by atoms with Crippen molar-refractivity contribution in [1.29, 1.82) is 0 Å². The quantitative estimate of drug-likeness (QED) is 0.271. The van der Waals surface area contributed by atoms with Crippen LogP contribution >= 0.6 is 0 Å². The molecule has 4 nitrogen and oxygen atoms in total. The Morgan fingerprint density at radius 2 is 1.79 bits per heavy atom. The minimum absolute atomic E-state index is 0.0713. The van der Waals surface area contributed by atoms with Crippen molar-refractivity contribution in [3.05, 3.63) is 35.9 Å². The first kappa shape index (κ1) is 27.9. The Bertz CT molecular complexity index is 628. The summed E-state index contributed by atoms with van der Waals surface area (Å²) in [6.45, 7) is 8.33. The van der Waals surface area contributed by atoms with Crippen molar-refractivity contribution in [1.82, 2.24) is 10.6 Å². The van der Waals surface area contributed by atoms with Gasteiger partial charge in [0.25, 0.3) is 0 Å². The van der Waals surface area contributed by atoms with Crippen LogP contribution in [0.15, 0.2) is 30.3 Å². The van der Waals surface area contributed by atoms with Crippen LogP contribution < -0.4 is 10.6 Å². The predicted molar refractivity (Wildman–Crippen MR) is 139 cm³/mol. The molecule has 1 aliphatic rings. The van der Waals surface area contributed by atoms with E-state index in [1.807, 2.05) is 18.2 Å². The van der Waals surface area contributed by atoms with Gasteiger partial charge in [-0.25, -0.2) is 0 Å². The number of rotatable bonds is 16. The number of aliphatic hydroxyl groups is 1. The summed E-state index contributed by atoms with van der Waals surface area (Å²) in [6.07, 6.45) is 12.7. The van der Waals surface area contributed by atoms with E-state index >= 15 is 0 Å². The Hall–Kier alpha value is -1.39. The first-order valence-electron chi connectivity index (χ1n) is 13.7. The van der Waals surface area contributed by atoms with Crippen molar-refractivity contribution in [2.24, 2.45) is 17.8 Å². The van der Waals surface area contributed by atoms with Crippen molar-refractivity contribution in [3.63, 3.8) is 0 Å². The van der Waals surface area contributed by atoms with Gasteiger partial charge in [-0.2, -0.15) is 0 Å². The molecule has 3 atom stereocenters. The van der Waals surface area contributed by atoms with E-state index in [4.69, 9.17) is 0 Å². The Labute approximate surface area is 203 Å². The molecule has 4 heteroatoms. The third-order valence-electron chi connectivity index (χ3n) is 7.19. The highest BCUT2D eigenvalue weighted by molar-refractivity contribution is 5.79. The van der Waals surface area contributed by atoms with Gasteiger partial charge in [-0.3, -0.25) is 4.79 Å². The first-order chi connectivity index (χ1) is 16.0. The van der Waals surface area contributed by atoms with Gasteiger partial charge in [0.05, 0.1) is 6.10 Å². The number of hydrogen-bond donors (Lipinski definition) is 3. The largest absolute Gasteiger partial charge is 0.391 e. The highest BCUT2D eigenvalue weighted by Crippen LogP contribution is 2.29. The maximum absolute atomic E-state index is 13.1. The minimum atomic E-state index is -0.503. The molecule has 0 aromatic heterocycles. The minimum Gasteiger partial charge on any atom is -0.391 e. The lowest BCUT2D eigenvalue weighted by atomic mass is 9.82. The van der Waals surface area contributed by atoms with E-state index in [0.29, 0.717) is 24.7 Å². The molecule has 1 aromatic rings. The average molecular weight is 459 g/mol. The Morgan fingerprint density at radius 1 is 1.06 bits per heavy atom. The molecule has 3 unspecified atom stereocenters. The van der Waals surface area contributed by atoms with Gasteiger partial charge in [0, 0.05) is 18.5 Å². The highest BCUT2D eigenvalue weighted by atomic mass is 16.3. The molecule has 0 spiro atoms. The Balaban J connectivity index is 2.03. The summed E-state index contributed by atoms with van der Waals surface area (Å²) in [5.74, 6) is 1.28.